The maximum absolute atomic E-state index is 13.1. The highest BCUT2D eigenvalue weighted by Gasteiger charge is 2.39. The molecular formula is C17H27N3O3S. The van der Waals surface area contributed by atoms with Gasteiger partial charge in [-0.1, -0.05) is 19.1 Å². The van der Waals surface area contributed by atoms with Gasteiger partial charge in [-0.25, -0.2) is 0 Å². The summed E-state index contributed by atoms with van der Waals surface area (Å²) < 4.78 is 34.9. The molecular weight excluding hydrogens is 326 g/mol. The quantitative estimate of drug-likeness (QED) is 0.809. The molecule has 0 bridgehead atoms. The van der Waals surface area contributed by atoms with Gasteiger partial charge in [0, 0.05) is 32.7 Å². The van der Waals surface area contributed by atoms with Crippen LogP contribution in [0.25, 0.3) is 0 Å². The minimum Gasteiger partial charge on any atom is -0.497 e. The normalized spacial score (nSPS) is 24.3. The van der Waals surface area contributed by atoms with Gasteiger partial charge in [0.25, 0.3) is 10.2 Å². The van der Waals surface area contributed by atoms with Crippen LogP contribution in [0, 0.1) is 0 Å². The van der Waals surface area contributed by atoms with E-state index >= 15 is 0 Å². The molecule has 7 heteroatoms. The molecule has 0 N–H and O–H groups in total. The highest BCUT2D eigenvalue weighted by atomic mass is 32.2. The zero-order chi connectivity index (χ0) is 17.2. The smallest absolute Gasteiger partial charge is 0.282 e. The summed E-state index contributed by atoms with van der Waals surface area (Å²) in [5.74, 6) is 0.772. The Kier molecular flexibility index (Phi) is 5.44. The van der Waals surface area contributed by atoms with Crippen LogP contribution in [0.4, 0.5) is 0 Å². The van der Waals surface area contributed by atoms with Gasteiger partial charge in [0.05, 0.1) is 13.2 Å². The van der Waals surface area contributed by atoms with Crippen molar-refractivity contribution in [1.82, 2.24) is 13.5 Å². The number of hydrogen-bond acceptors (Lipinski definition) is 4. The third-order valence-corrected chi connectivity index (χ3v) is 7.13. The van der Waals surface area contributed by atoms with E-state index < -0.39 is 10.2 Å². The molecule has 2 fully saturated rings. The number of rotatable bonds is 5. The van der Waals surface area contributed by atoms with Gasteiger partial charge >= 0.3 is 0 Å². The van der Waals surface area contributed by atoms with Crippen molar-refractivity contribution >= 4 is 10.2 Å². The van der Waals surface area contributed by atoms with Crippen molar-refractivity contribution < 1.29 is 13.2 Å². The lowest BCUT2D eigenvalue weighted by Gasteiger charge is -2.36. The highest BCUT2D eigenvalue weighted by Crippen LogP contribution is 2.36. The van der Waals surface area contributed by atoms with Gasteiger partial charge in [0.1, 0.15) is 5.75 Å². The molecule has 1 atom stereocenters. The third-order valence-electron chi connectivity index (χ3n) is 5.08. The fourth-order valence-electron chi connectivity index (χ4n) is 3.62. The van der Waals surface area contributed by atoms with Crippen molar-refractivity contribution in [3.8, 4) is 5.75 Å². The summed E-state index contributed by atoms with van der Waals surface area (Å²) in [5, 5.41) is 0. The summed E-state index contributed by atoms with van der Waals surface area (Å²) in [6.45, 7) is 6.47. The summed E-state index contributed by atoms with van der Waals surface area (Å²) >= 11 is 0. The largest absolute Gasteiger partial charge is 0.497 e. The first-order valence-corrected chi connectivity index (χ1v) is 10.1. The van der Waals surface area contributed by atoms with E-state index in [1.165, 1.54) is 0 Å². The van der Waals surface area contributed by atoms with Crippen molar-refractivity contribution in [3.05, 3.63) is 29.8 Å². The molecule has 2 aliphatic heterocycles. The van der Waals surface area contributed by atoms with E-state index in [2.05, 4.69) is 11.8 Å². The first-order chi connectivity index (χ1) is 11.6. The molecule has 2 saturated heterocycles. The standard InChI is InChI=1S/C17H27N3O3S/c1-3-18-10-12-19(13-11-18)24(21,22)20-9-5-8-17(20)15-6-4-7-16(14-15)23-2/h4,6-7,14,17H,3,5,8-13H2,1-2H3/t17-/m0/s1. The zero-order valence-electron chi connectivity index (χ0n) is 14.5. The molecule has 0 amide bonds. The molecule has 0 aliphatic carbocycles. The Balaban J connectivity index is 1.79. The molecule has 6 nitrogen and oxygen atoms in total. The summed E-state index contributed by atoms with van der Waals surface area (Å²) in [6, 6.07) is 7.68. The summed E-state index contributed by atoms with van der Waals surface area (Å²) in [7, 11) is -1.78. The lowest BCUT2D eigenvalue weighted by Crippen LogP contribution is -2.52. The lowest BCUT2D eigenvalue weighted by molar-refractivity contribution is 0.187. The number of piperazine rings is 1. The minimum absolute atomic E-state index is 0.0886. The van der Waals surface area contributed by atoms with E-state index in [-0.39, 0.29) is 6.04 Å². The van der Waals surface area contributed by atoms with Gasteiger partial charge in [0.15, 0.2) is 0 Å². The predicted octanol–water partition coefficient (Wildman–Crippen LogP) is 1.71. The number of benzene rings is 1. The monoisotopic (exact) mass is 353 g/mol. The van der Waals surface area contributed by atoms with Gasteiger partial charge < -0.3 is 9.64 Å². The van der Waals surface area contributed by atoms with E-state index in [4.69, 9.17) is 4.74 Å². The minimum atomic E-state index is -3.41. The molecule has 2 aliphatic rings. The van der Waals surface area contributed by atoms with Crippen molar-refractivity contribution in [3.63, 3.8) is 0 Å². The molecule has 0 radical (unpaired) electrons. The van der Waals surface area contributed by atoms with Gasteiger partial charge in [-0.2, -0.15) is 17.0 Å². The van der Waals surface area contributed by atoms with Crippen LogP contribution in [0.5, 0.6) is 5.75 Å². The number of likely N-dealkylation sites (N-methyl/N-ethyl adjacent to an activating group) is 1. The van der Waals surface area contributed by atoms with Crippen LogP contribution >= 0.6 is 0 Å². The molecule has 0 spiro atoms. The second-order valence-corrected chi connectivity index (χ2v) is 8.27. The van der Waals surface area contributed by atoms with Crippen molar-refractivity contribution in [2.45, 2.75) is 25.8 Å². The molecule has 24 heavy (non-hydrogen) atoms. The van der Waals surface area contributed by atoms with Crippen LogP contribution in [0.15, 0.2) is 24.3 Å². The Bertz CT molecular complexity index is 657. The Hall–Kier alpha value is -1.15. The van der Waals surface area contributed by atoms with Gasteiger partial charge in [-0.05, 0) is 37.1 Å². The fourth-order valence-corrected chi connectivity index (χ4v) is 5.45. The second-order valence-electron chi connectivity index (χ2n) is 6.39. The molecule has 0 saturated carbocycles. The molecule has 0 aromatic heterocycles. The van der Waals surface area contributed by atoms with Crippen molar-refractivity contribution in [1.29, 1.82) is 0 Å². The first kappa shape index (κ1) is 17.7. The Morgan fingerprint density at radius 2 is 1.92 bits per heavy atom. The van der Waals surface area contributed by atoms with Crippen LogP contribution in [-0.4, -0.2) is 68.3 Å². The van der Waals surface area contributed by atoms with Gasteiger partial charge in [-0.3, -0.25) is 0 Å². The molecule has 3 rings (SSSR count). The molecule has 1 aromatic rings. The number of nitrogens with zero attached hydrogens (tertiary/aromatic N) is 3. The van der Waals surface area contributed by atoms with Crippen LogP contribution in [0.3, 0.4) is 0 Å². The van der Waals surface area contributed by atoms with Crippen LogP contribution < -0.4 is 4.74 Å². The lowest BCUT2D eigenvalue weighted by atomic mass is 10.1. The van der Waals surface area contributed by atoms with E-state index in [0.717, 1.165) is 43.8 Å². The Morgan fingerprint density at radius 1 is 1.17 bits per heavy atom. The average molecular weight is 353 g/mol. The fraction of sp³-hybridized carbons (Fsp3) is 0.647. The maximum Gasteiger partial charge on any atom is 0.282 e. The maximum atomic E-state index is 13.1. The predicted molar refractivity (Wildman–Crippen MR) is 94.3 cm³/mol. The first-order valence-electron chi connectivity index (χ1n) is 8.69. The third kappa shape index (κ3) is 3.44. The van der Waals surface area contributed by atoms with Crippen molar-refractivity contribution in [2.24, 2.45) is 0 Å². The summed E-state index contributed by atoms with van der Waals surface area (Å²) in [6.07, 6.45) is 1.76. The summed E-state index contributed by atoms with van der Waals surface area (Å²) in [4.78, 5) is 2.29. The molecule has 134 valence electrons. The van der Waals surface area contributed by atoms with Gasteiger partial charge in [-0.15, -0.1) is 0 Å². The number of methoxy groups -OCH3 is 1. The topological polar surface area (TPSA) is 53.1 Å². The van der Waals surface area contributed by atoms with E-state index in [9.17, 15) is 8.42 Å². The van der Waals surface area contributed by atoms with E-state index in [0.29, 0.717) is 19.6 Å². The molecule has 0 unspecified atom stereocenters. The zero-order valence-corrected chi connectivity index (χ0v) is 15.3. The number of hydrogen-bond donors (Lipinski definition) is 0. The summed E-state index contributed by atoms with van der Waals surface area (Å²) in [5.41, 5.74) is 1.02. The highest BCUT2D eigenvalue weighted by molar-refractivity contribution is 7.86. The molecule has 2 heterocycles. The Labute approximate surface area is 145 Å². The van der Waals surface area contributed by atoms with Crippen LogP contribution in [0.2, 0.25) is 0 Å². The van der Waals surface area contributed by atoms with Crippen LogP contribution in [-0.2, 0) is 10.2 Å². The Morgan fingerprint density at radius 3 is 2.58 bits per heavy atom. The molecule has 1 aromatic carbocycles. The number of ether oxygens (including phenoxy) is 1. The second kappa shape index (κ2) is 7.39. The average Bonchev–Trinajstić information content (AvgIpc) is 3.12. The van der Waals surface area contributed by atoms with E-state index in [1.54, 1.807) is 15.7 Å². The van der Waals surface area contributed by atoms with Crippen molar-refractivity contribution in [2.75, 3.05) is 46.4 Å². The SMILES string of the molecule is CCN1CCN(S(=O)(=O)N2CCC[C@H]2c2cccc(OC)c2)CC1. The van der Waals surface area contributed by atoms with Crippen LogP contribution in [0.1, 0.15) is 31.4 Å². The van der Waals surface area contributed by atoms with E-state index in [1.807, 2.05) is 24.3 Å². The van der Waals surface area contributed by atoms with Gasteiger partial charge in [0.2, 0.25) is 0 Å².